The Balaban J connectivity index is 1.92. The van der Waals surface area contributed by atoms with Gasteiger partial charge in [0.15, 0.2) is 13.1 Å². The number of likely N-dealkylation sites (N-methyl/N-ethyl adjacent to an activating group) is 1. The summed E-state index contributed by atoms with van der Waals surface area (Å²) in [4.78, 5) is 25.3. The lowest BCUT2D eigenvalue weighted by atomic mass is 10.1. The van der Waals surface area contributed by atoms with Crippen molar-refractivity contribution in [3.8, 4) is 0 Å². The second-order valence-electron chi connectivity index (χ2n) is 6.71. The molecule has 0 heterocycles. The maximum absolute atomic E-state index is 12.3. The molecular formula is C20H24Cl2N3O2+. The van der Waals surface area contributed by atoms with Crippen LogP contribution < -0.4 is 15.5 Å². The first-order valence-corrected chi connectivity index (χ1v) is 9.36. The van der Waals surface area contributed by atoms with Crippen LogP contribution in [0, 0.1) is 20.8 Å². The van der Waals surface area contributed by atoms with Crippen LogP contribution >= 0.6 is 23.2 Å². The summed E-state index contributed by atoms with van der Waals surface area (Å²) < 4.78 is 0. The normalized spacial score (nSPS) is 11.8. The highest BCUT2D eigenvalue weighted by molar-refractivity contribution is 6.40. The smallest absolute Gasteiger partial charge is 0.279 e. The average molecular weight is 409 g/mol. The average Bonchev–Trinajstić information content (AvgIpc) is 2.59. The SMILES string of the molecule is Cc1cccc(NC(=O)C[NH+](C)CC(=O)Nc2c(Cl)ccc(C)c2Cl)c1C. The summed E-state index contributed by atoms with van der Waals surface area (Å²) in [6.45, 7) is 6.07. The highest BCUT2D eigenvalue weighted by Crippen LogP contribution is 2.32. The number of nitrogens with one attached hydrogen (secondary N) is 3. The number of amides is 2. The summed E-state index contributed by atoms with van der Waals surface area (Å²) >= 11 is 12.3. The lowest BCUT2D eigenvalue weighted by Crippen LogP contribution is -3.11. The van der Waals surface area contributed by atoms with E-state index in [9.17, 15) is 9.59 Å². The molecule has 0 saturated heterocycles. The molecule has 2 amide bonds. The Morgan fingerprint density at radius 3 is 2.22 bits per heavy atom. The molecule has 0 bridgehead atoms. The summed E-state index contributed by atoms with van der Waals surface area (Å²) in [6.07, 6.45) is 0. The standard InChI is InChI=1S/C20H23Cl2N3O2/c1-12-6-5-7-16(14(12)3)23-17(26)10-25(4)11-18(27)24-20-15(21)9-8-13(2)19(20)22/h5-9H,10-11H2,1-4H3,(H,23,26)(H,24,27)/p+1. The zero-order valence-electron chi connectivity index (χ0n) is 15.9. The van der Waals surface area contributed by atoms with Crippen LogP contribution in [0.25, 0.3) is 0 Å². The molecule has 0 aliphatic rings. The molecular weight excluding hydrogens is 385 g/mol. The third-order valence-electron chi connectivity index (χ3n) is 4.35. The van der Waals surface area contributed by atoms with Gasteiger partial charge in [-0.05, 0) is 49.6 Å². The predicted octanol–water partition coefficient (Wildman–Crippen LogP) is 3.01. The number of halogens is 2. The summed E-state index contributed by atoms with van der Waals surface area (Å²) in [7, 11) is 1.78. The number of anilines is 2. The van der Waals surface area contributed by atoms with Gasteiger partial charge in [-0.25, -0.2) is 0 Å². The molecule has 0 radical (unpaired) electrons. The number of quaternary nitrogens is 1. The minimum absolute atomic E-state index is 0.112. The summed E-state index contributed by atoms with van der Waals surface area (Å²) in [5.41, 5.74) is 4.15. The van der Waals surface area contributed by atoms with Gasteiger partial charge < -0.3 is 15.5 Å². The molecule has 0 aliphatic carbocycles. The Morgan fingerprint density at radius 2 is 1.56 bits per heavy atom. The van der Waals surface area contributed by atoms with Crippen molar-refractivity contribution in [1.29, 1.82) is 0 Å². The van der Waals surface area contributed by atoms with Gasteiger partial charge in [0.05, 0.1) is 22.8 Å². The largest absolute Gasteiger partial charge is 0.322 e. The minimum atomic E-state index is -0.263. The first-order chi connectivity index (χ1) is 12.7. The van der Waals surface area contributed by atoms with Crippen molar-refractivity contribution in [2.45, 2.75) is 20.8 Å². The van der Waals surface area contributed by atoms with Crippen molar-refractivity contribution in [1.82, 2.24) is 0 Å². The highest BCUT2D eigenvalue weighted by atomic mass is 35.5. The van der Waals surface area contributed by atoms with Gasteiger partial charge in [-0.15, -0.1) is 0 Å². The zero-order chi connectivity index (χ0) is 20.1. The van der Waals surface area contributed by atoms with E-state index in [2.05, 4.69) is 10.6 Å². The Bertz CT molecular complexity index is 869. The molecule has 1 atom stereocenters. The highest BCUT2D eigenvalue weighted by Gasteiger charge is 2.17. The first kappa shape index (κ1) is 21.2. The summed E-state index contributed by atoms with van der Waals surface area (Å²) in [5.74, 6) is -0.415. The fraction of sp³-hybridized carbons (Fsp3) is 0.300. The molecule has 2 aromatic carbocycles. The second kappa shape index (κ2) is 9.22. The Hall–Kier alpha value is -2.08. The van der Waals surface area contributed by atoms with Crippen LogP contribution in [-0.4, -0.2) is 32.0 Å². The van der Waals surface area contributed by atoms with Gasteiger partial charge in [0, 0.05) is 5.69 Å². The van der Waals surface area contributed by atoms with E-state index in [1.54, 1.807) is 19.2 Å². The molecule has 5 nitrogen and oxygen atoms in total. The monoisotopic (exact) mass is 408 g/mol. The molecule has 0 aliphatic heterocycles. The Kier molecular flexibility index (Phi) is 7.25. The lowest BCUT2D eigenvalue weighted by Gasteiger charge is -2.16. The van der Waals surface area contributed by atoms with Gasteiger partial charge in [0.2, 0.25) is 0 Å². The quantitative estimate of drug-likeness (QED) is 0.687. The summed E-state index contributed by atoms with van der Waals surface area (Å²) in [5, 5.41) is 6.43. The number of aryl methyl sites for hydroxylation is 2. The van der Waals surface area contributed by atoms with E-state index in [1.807, 2.05) is 39.0 Å². The van der Waals surface area contributed by atoms with Gasteiger partial charge in [0.1, 0.15) is 0 Å². The van der Waals surface area contributed by atoms with Gasteiger partial charge in [-0.1, -0.05) is 41.4 Å². The topological polar surface area (TPSA) is 62.6 Å². The molecule has 27 heavy (non-hydrogen) atoms. The van der Waals surface area contributed by atoms with E-state index in [4.69, 9.17) is 23.2 Å². The molecule has 2 aromatic rings. The number of carbonyl (C=O) groups is 2. The van der Waals surface area contributed by atoms with E-state index in [1.165, 1.54) is 0 Å². The molecule has 3 N–H and O–H groups in total. The van der Waals surface area contributed by atoms with Gasteiger partial charge >= 0.3 is 0 Å². The van der Waals surface area contributed by atoms with Crippen LogP contribution in [0.1, 0.15) is 16.7 Å². The van der Waals surface area contributed by atoms with Crippen LogP contribution in [0.5, 0.6) is 0 Å². The van der Waals surface area contributed by atoms with E-state index >= 15 is 0 Å². The molecule has 0 aromatic heterocycles. The van der Waals surface area contributed by atoms with Crippen LogP contribution in [-0.2, 0) is 9.59 Å². The number of hydrogen-bond donors (Lipinski definition) is 3. The number of carbonyl (C=O) groups excluding carboxylic acids is 2. The van der Waals surface area contributed by atoms with Crippen molar-refractivity contribution in [2.75, 3.05) is 30.8 Å². The first-order valence-electron chi connectivity index (χ1n) is 8.61. The minimum Gasteiger partial charge on any atom is -0.322 e. The Labute approximate surface area is 169 Å². The van der Waals surface area contributed by atoms with Crippen molar-refractivity contribution in [3.05, 3.63) is 57.1 Å². The molecule has 1 unspecified atom stereocenters. The van der Waals surface area contributed by atoms with Gasteiger partial charge in [0.25, 0.3) is 11.8 Å². The number of benzene rings is 2. The molecule has 0 spiro atoms. The van der Waals surface area contributed by atoms with Crippen molar-refractivity contribution >= 4 is 46.4 Å². The number of rotatable bonds is 6. The molecule has 0 fully saturated rings. The van der Waals surface area contributed by atoms with Crippen LogP contribution in [0.2, 0.25) is 10.0 Å². The fourth-order valence-electron chi connectivity index (χ4n) is 2.65. The Morgan fingerprint density at radius 1 is 0.926 bits per heavy atom. The van der Waals surface area contributed by atoms with E-state index in [0.29, 0.717) is 15.7 Å². The molecule has 0 saturated carbocycles. The molecule has 7 heteroatoms. The maximum atomic E-state index is 12.3. The van der Waals surface area contributed by atoms with Crippen molar-refractivity contribution < 1.29 is 14.5 Å². The third kappa shape index (κ3) is 5.70. The van der Waals surface area contributed by atoms with Crippen molar-refractivity contribution in [3.63, 3.8) is 0 Å². The van der Waals surface area contributed by atoms with Gasteiger partial charge in [-0.3, -0.25) is 9.59 Å². The van der Waals surface area contributed by atoms with E-state index < -0.39 is 0 Å². The van der Waals surface area contributed by atoms with E-state index in [0.717, 1.165) is 27.3 Å². The van der Waals surface area contributed by atoms with Crippen LogP contribution in [0.15, 0.2) is 30.3 Å². The zero-order valence-corrected chi connectivity index (χ0v) is 17.4. The fourth-order valence-corrected chi connectivity index (χ4v) is 3.11. The third-order valence-corrected chi connectivity index (χ3v) is 5.15. The number of hydrogen-bond acceptors (Lipinski definition) is 2. The van der Waals surface area contributed by atoms with Crippen LogP contribution in [0.3, 0.4) is 0 Å². The molecule has 2 rings (SSSR count). The molecule has 144 valence electrons. The summed E-state index contributed by atoms with van der Waals surface area (Å²) in [6, 6.07) is 9.23. The van der Waals surface area contributed by atoms with Crippen molar-refractivity contribution in [2.24, 2.45) is 0 Å². The second-order valence-corrected chi connectivity index (χ2v) is 7.49. The van der Waals surface area contributed by atoms with Gasteiger partial charge in [-0.2, -0.15) is 0 Å². The van der Waals surface area contributed by atoms with Crippen LogP contribution in [0.4, 0.5) is 11.4 Å². The van der Waals surface area contributed by atoms with E-state index in [-0.39, 0.29) is 24.9 Å². The maximum Gasteiger partial charge on any atom is 0.279 e. The lowest BCUT2D eigenvalue weighted by molar-refractivity contribution is -0.862. The predicted molar refractivity (Wildman–Crippen MR) is 111 cm³/mol.